The van der Waals surface area contributed by atoms with Gasteiger partial charge in [-0.05, 0) is 24.6 Å². The molecule has 0 saturated heterocycles. The van der Waals surface area contributed by atoms with Crippen molar-refractivity contribution in [2.75, 3.05) is 0 Å². The lowest BCUT2D eigenvalue weighted by molar-refractivity contribution is 0.0697. The fraction of sp³-hybridized carbons (Fsp3) is 0.231. The third-order valence-electron chi connectivity index (χ3n) is 2.78. The van der Waals surface area contributed by atoms with Crippen LogP contribution in [0.25, 0.3) is 5.69 Å². The molecule has 20 heavy (non-hydrogen) atoms. The first kappa shape index (κ1) is 14.0. The van der Waals surface area contributed by atoms with Gasteiger partial charge >= 0.3 is 5.97 Å². The van der Waals surface area contributed by atoms with E-state index < -0.39 is 5.97 Å². The van der Waals surface area contributed by atoms with Crippen LogP contribution >= 0.6 is 11.6 Å². The van der Waals surface area contributed by atoms with Gasteiger partial charge in [0.05, 0.1) is 22.0 Å². The molecule has 2 rings (SSSR count). The monoisotopic (exact) mass is 290 g/mol. The molecule has 0 radical (unpaired) electrons. The molecule has 0 aliphatic carbocycles. The minimum absolute atomic E-state index is 0.0133. The van der Waals surface area contributed by atoms with Crippen LogP contribution in [-0.2, 0) is 6.42 Å². The smallest absolute Gasteiger partial charge is 0.337 e. The Hall–Kier alpha value is -2.39. The summed E-state index contributed by atoms with van der Waals surface area (Å²) in [5.74, 6) is -1.12. The van der Waals surface area contributed by atoms with Crippen molar-refractivity contribution in [2.24, 2.45) is 0 Å². The molecule has 1 heterocycles. The molecule has 0 spiro atoms. The molecule has 102 valence electrons. The number of carboxylic acid groups (broad SMARTS) is 1. The standard InChI is InChI=1S/C13H11ClN4O2/c1-2-3-12-11(7-15)16-17-18(12)8-4-5-10(14)9(6-8)13(19)20/h4-6H,2-3H2,1H3,(H,19,20). The van der Waals surface area contributed by atoms with Gasteiger partial charge in [0.1, 0.15) is 6.07 Å². The van der Waals surface area contributed by atoms with Crippen LogP contribution in [0, 0.1) is 11.3 Å². The predicted octanol–water partition coefficient (Wildman–Crippen LogP) is 2.44. The maximum Gasteiger partial charge on any atom is 0.337 e. The van der Waals surface area contributed by atoms with Gasteiger partial charge in [-0.1, -0.05) is 30.2 Å². The Bertz CT molecular complexity index is 703. The first-order valence-electron chi connectivity index (χ1n) is 5.96. The quantitative estimate of drug-likeness (QED) is 0.933. The Morgan fingerprint density at radius 3 is 2.90 bits per heavy atom. The van der Waals surface area contributed by atoms with Gasteiger partial charge in [-0.3, -0.25) is 0 Å². The van der Waals surface area contributed by atoms with Crippen molar-refractivity contribution in [1.82, 2.24) is 15.0 Å². The number of hydrogen-bond acceptors (Lipinski definition) is 4. The molecule has 7 heteroatoms. The maximum absolute atomic E-state index is 11.1. The fourth-order valence-electron chi connectivity index (χ4n) is 1.87. The molecule has 0 amide bonds. The highest BCUT2D eigenvalue weighted by atomic mass is 35.5. The van der Waals surface area contributed by atoms with Gasteiger partial charge in [0.2, 0.25) is 0 Å². The van der Waals surface area contributed by atoms with Gasteiger partial charge < -0.3 is 5.11 Å². The van der Waals surface area contributed by atoms with Crippen LogP contribution in [0.1, 0.15) is 35.1 Å². The van der Waals surface area contributed by atoms with E-state index in [-0.39, 0.29) is 16.3 Å². The summed E-state index contributed by atoms with van der Waals surface area (Å²) in [7, 11) is 0. The van der Waals surface area contributed by atoms with E-state index in [0.717, 1.165) is 6.42 Å². The molecule has 0 aliphatic rings. The predicted molar refractivity (Wildman–Crippen MR) is 72.0 cm³/mol. The molecule has 2 aromatic rings. The molecule has 1 N–H and O–H groups in total. The van der Waals surface area contributed by atoms with Crippen molar-refractivity contribution in [2.45, 2.75) is 19.8 Å². The first-order valence-corrected chi connectivity index (χ1v) is 6.34. The molecule has 6 nitrogen and oxygen atoms in total. The highest BCUT2D eigenvalue weighted by Gasteiger charge is 2.16. The molecular formula is C13H11ClN4O2. The Balaban J connectivity index is 2.57. The van der Waals surface area contributed by atoms with E-state index in [1.165, 1.54) is 16.8 Å². The van der Waals surface area contributed by atoms with Crippen molar-refractivity contribution in [3.05, 3.63) is 40.2 Å². The highest BCUT2D eigenvalue weighted by molar-refractivity contribution is 6.33. The zero-order valence-corrected chi connectivity index (χ0v) is 11.4. The van der Waals surface area contributed by atoms with Gasteiger partial charge in [0, 0.05) is 0 Å². The molecule has 0 bridgehead atoms. The summed E-state index contributed by atoms with van der Waals surface area (Å²) < 4.78 is 1.48. The Kier molecular flexibility index (Phi) is 4.01. The number of benzene rings is 1. The largest absolute Gasteiger partial charge is 0.478 e. The summed E-state index contributed by atoms with van der Waals surface area (Å²) >= 11 is 5.83. The summed E-state index contributed by atoms with van der Waals surface area (Å²) in [5, 5.41) is 26.0. The Morgan fingerprint density at radius 2 is 2.30 bits per heavy atom. The molecule has 0 atom stereocenters. The van der Waals surface area contributed by atoms with E-state index in [1.54, 1.807) is 6.07 Å². The normalized spacial score (nSPS) is 10.2. The molecule has 0 saturated carbocycles. The van der Waals surface area contributed by atoms with E-state index in [2.05, 4.69) is 10.3 Å². The van der Waals surface area contributed by atoms with E-state index in [9.17, 15) is 4.79 Å². The number of carbonyl (C=O) groups is 1. The SMILES string of the molecule is CCCc1c(C#N)nnn1-c1ccc(Cl)c(C(=O)O)c1. The topological polar surface area (TPSA) is 91.8 Å². The third kappa shape index (κ3) is 2.49. The number of carboxylic acids is 1. The lowest BCUT2D eigenvalue weighted by atomic mass is 10.1. The van der Waals surface area contributed by atoms with Crippen molar-refractivity contribution < 1.29 is 9.90 Å². The van der Waals surface area contributed by atoms with Crippen molar-refractivity contribution in [3.63, 3.8) is 0 Å². The molecule has 1 aromatic heterocycles. The number of nitriles is 1. The average Bonchev–Trinajstić information content (AvgIpc) is 2.82. The highest BCUT2D eigenvalue weighted by Crippen LogP contribution is 2.21. The average molecular weight is 291 g/mol. The molecule has 1 aromatic carbocycles. The number of rotatable bonds is 4. The number of nitrogens with zero attached hydrogens (tertiary/aromatic N) is 4. The van der Waals surface area contributed by atoms with Crippen molar-refractivity contribution in [1.29, 1.82) is 5.26 Å². The van der Waals surface area contributed by atoms with Crippen LogP contribution in [0.3, 0.4) is 0 Å². The zero-order chi connectivity index (χ0) is 14.7. The van der Waals surface area contributed by atoms with Crippen molar-refractivity contribution >= 4 is 17.6 Å². The Labute approximate surface area is 120 Å². The van der Waals surface area contributed by atoms with E-state index >= 15 is 0 Å². The number of hydrogen-bond donors (Lipinski definition) is 1. The van der Waals surface area contributed by atoms with E-state index in [1.807, 2.05) is 13.0 Å². The van der Waals surface area contributed by atoms with Gasteiger partial charge in [-0.25, -0.2) is 9.48 Å². The summed E-state index contributed by atoms with van der Waals surface area (Å²) in [5.41, 5.74) is 1.41. The minimum atomic E-state index is -1.12. The fourth-order valence-corrected chi connectivity index (χ4v) is 2.06. The lowest BCUT2D eigenvalue weighted by Crippen LogP contribution is -2.06. The van der Waals surface area contributed by atoms with Crippen molar-refractivity contribution in [3.8, 4) is 11.8 Å². The first-order chi connectivity index (χ1) is 9.58. The Morgan fingerprint density at radius 1 is 1.55 bits per heavy atom. The zero-order valence-electron chi connectivity index (χ0n) is 10.7. The second kappa shape index (κ2) is 5.72. The van der Waals surface area contributed by atoms with Gasteiger partial charge in [0.15, 0.2) is 5.69 Å². The maximum atomic E-state index is 11.1. The third-order valence-corrected chi connectivity index (χ3v) is 3.11. The minimum Gasteiger partial charge on any atom is -0.478 e. The number of aromatic carboxylic acids is 1. The second-order valence-corrected chi connectivity index (χ2v) is 4.53. The van der Waals surface area contributed by atoms with Gasteiger partial charge in [-0.2, -0.15) is 5.26 Å². The number of halogens is 1. The summed E-state index contributed by atoms with van der Waals surface area (Å²) in [4.78, 5) is 11.1. The summed E-state index contributed by atoms with van der Waals surface area (Å²) in [6.45, 7) is 1.98. The van der Waals surface area contributed by atoms with Gasteiger partial charge in [0.25, 0.3) is 0 Å². The van der Waals surface area contributed by atoms with Gasteiger partial charge in [-0.15, -0.1) is 5.10 Å². The lowest BCUT2D eigenvalue weighted by Gasteiger charge is -2.07. The van der Waals surface area contributed by atoms with Crippen LogP contribution in [0.5, 0.6) is 0 Å². The molecule has 0 unspecified atom stereocenters. The molecule has 0 fully saturated rings. The van der Waals surface area contributed by atoms with Crippen LogP contribution in [0.4, 0.5) is 0 Å². The summed E-state index contributed by atoms with van der Waals surface area (Å²) in [6.07, 6.45) is 1.45. The second-order valence-electron chi connectivity index (χ2n) is 4.13. The van der Waals surface area contributed by atoms with E-state index in [0.29, 0.717) is 17.8 Å². The summed E-state index contributed by atoms with van der Waals surface area (Å²) in [6, 6.07) is 6.53. The molecular weight excluding hydrogens is 280 g/mol. The molecule has 0 aliphatic heterocycles. The number of aromatic nitrogens is 3. The van der Waals surface area contributed by atoms with E-state index in [4.69, 9.17) is 22.0 Å². The van der Waals surface area contributed by atoms with Crippen LogP contribution < -0.4 is 0 Å². The van der Waals surface area contributed by atoms with Crippen LogP contribution in [0.2, 0.25) is 5.02 Å². The van der Waals surface area contributed by atoms with Crippen LogP contribution in [0.15, 0.2) is 18.2 Å². The van der Waals surface area contributed by atoms with Crippen LogP contribution in [-0.4, -0.2) is 26.1 Å².